The zero-order valence-electron chi connectivity index (χ0n) is 9.62. The second-order valence-corrected chi connectivity index (χ2v) is 4.87. The topological polar surface area (TPSA) is 57.4 Å². The van der Waals surface area contributed by atoms with Crippen LogP contribution in [-0.2, 0) is 6.42 Å². The van der Waals surface area contributed by atoms with Gasteiger partial charge in [0.1, 0.15) is 5.69 Å². The van der Waals surface area contributed by atoms with Gasteiger partial charge in [0.2, 0.25) is 0 Å². The Hall–Kier alpha value is -1.58. The highest BCUT2D eigenvalue weighted by Crippen LogP contribution is 2.34. The monoisotopic (exact) mass is 216 g/mol. The smallest absolute Gasteiger partial charge is 0.155 e. The first kappa shape index (κ1) is 9.63. The summed E-state index contributed by atoms with van der Waals surface area (Å²) in [7, 11) is 0. The van der Waals surface area contributed by atoms with Crippen molar-refractivity contribution in [1.82, 2.24) is 20.2 Å². The molecule has 4 heteroatoms. The van der Waals surface area contributed by atoms with E-state index in [-0.39, 0.29) is 0 Å². The third kappa shape index (κ3) is 1.45. The molecule has 4 nitrogen and oxygen atoms in total. The quantitative estimate of drug-likeness (QED) is 0.769. The van der Waals surface area contributed by atoms with Crippen LogP contribution in [0, 0.1) is 5.92 Å². The first-order valence-electron chi connectivity index (χ1n) is 5.82. The molecule has 0 saturated carbocycles. The average Bonchev–Trinajstić information content (AvgIpc) is 2.82. The molecule has 0 spiro atoms. The van der Waals surface area contributed by atoms with Crippen molar-refractivity contribution in [3.05, 3.63) is 23.7 Å². The van der Waals surface area contributed by atoms with Gasteiger partial charge in [-0.05, 0) is 24.8 Å². The lowest BCUT2D eigenvalue weighted by atomic mass is 9.84. The van der Waals surface area contributed by atoms with Crippen LogP contribution in [0.1, 0.15) is 37.6 Å². The van der Waals surface area contributed by atoms with Gasteiger partial charge in [0.15, 0.2) is 5.82 Å². The molecule has 1 aliphatic carbocycles. The molecule has 0 aliphatic heterocycles. The molecular weight excluding hydrogens is 200 g/mol. The van der Waals surface area contributed by atoms with Crippen LogP contribution >= 0.6 is 0 Å². The molecule has 1 aliphatic rings. The lowest BCUT2D eigenvalue weighted by molar-refractivity contribution is 0.440. The van der Waals surface area contributed by atoms with Crippen LogP contribution in [-0.4, -0.2) is 20.2 Å². The molecule has 0 fully saturated rings. The zero-order chi connectivity index (χ0) is 11.1. The number of aromatic nitrogens is 4. The SMILES string of the molecule is CC1Cc2[nH]c(-c3ccn[nH]3)nc2C(C)C1. The molecular formula is C12H16N4. The molecule has 2 aromatic rings. The number of aromatic amines is 2. The van der Waals surface area contributed by atoms with E-state index in [4.69, 9.17) is 0 Å². The Bertz CT molecular complexity index is 483. The van der Waals surface area contributed by atoms with Crippen LogP contribution in [0.5, 0.6) is 0 Å². The van der Waals surface area contributed by atoms with E-state index >= 15 is 0 Å². The summed E-state index contributed by atoms with van der Waals surface area (Å²) in [4.78, 5) is 8.10. The summed E-state index contributed by atoms with van der Waals surface area (Å²) in [6, 6.07) is 1.94. The Morgan fingerprint density at radius 3 is 3.00 bits per heavy atom. The lowest BCUT2D eigenvalue weighted by Crippen LogP contribution is -2.14. The summed E-state index contributed by atoms with van der Waals surface area (Å²) >= 11 is 0. The lowest BCUT2D eigenvalue weighted by Gasteiger charge is -2.22. The summed E-state index contributed by atoms with van der Waals surface area (Å²) in [6.07, 6.45) is 4.10. The highest BCUT2D eigenvalue weighted by molar-refractivity contribution is 5.50. The van der Waals surface area contributed by atoms with Crippen molar-refractivity contribution in [2.45, 2.75) is 32.6 Å². The fraction of sp³-hybridized carbons (Fsp3) is 0.500. The van der Waals surface area contributed by atoms with Crippen LogP contribution in [0.25, 0.3) is 11.5 Å². The Kier molecular flexibility index (Phi) is 2.09. The summed E-state index contributed by atoms with van der Waals surface area (Å²) in [5.74, 6) is 2.23. The van der Waals surface area contributed by atoms with E-state index in [1.165, 1.54) is 17.8 Å². The minimum absolute atomic E-state index is 0.562. The second-order valence-electron chi connectivity index (χ2n) is 4.87. The van der Waals surface area contributed by atoms with E-state index in [0.717, 1.165) is 23.9 Å². The van der Waals surface area contributed by atoms with Gasteiger partial charge < -0.3 is 4.98 Å². The van der Waals surface area contributed by atoms with Gasteiger partial charge in [-0.25, -0.2) is 4.98 Å². The van der Waals surface area contributed by atoms with Gasteiger partial charge in [-0.3, -0.25) is 5.10 Å². The molecule has 2 unspecified atom stereocenters. The van der Waals surface area contributed by atoms with Crippen LogP contribution in [0.4, 0.5) is 0 Å². The maximum atomic E-state index is 4.68. The molecule has 84 valence electrons. The van der Waals surface area contributed by atoms with Crippen LogP contribution in [0.3, 0.4) is 0 Å². The van der Waals surface area contributed by atoms with Gasteiger partial charge in [-0.15, -0.1) is 0 Å². The van der Waals surface area contributed by atoms with Crippen molar-refractivity contribution >= 4 is 0 Å². The van der Waals surface area contributed by atoms with Crippen molar-refractivity contribution in [2.75, 3.05) is 0 Å². The maximum Gasteiger partial charge on any atom is 0.155 e. The minimum Gasteiger partial charge on any atom is -0.340 e. The first-order chi connectivity index (χ1) is 7.74. The van der Waals surface area contributed by atoms with Crippen LogP contribution in [0.15, 0.2) is 12.3 Å². The predicted octanol–water partition coefficient (Wildman–Crippen LogP) is 2.49. The Labute approximate surface area is 94.5 Å². The highest BCUT2D eigenvalue weighted by Gasteiger charge is 2.25. The number of hydrogen-bond donors (Lipinski definition) is 2. The summed E-state index contributed by atoms with van der Waals surface area (Å²) < 4.78 is 0. The van der Waals surface area contributed by atoms with E-state index in [1.54, 1.807) is 6.20 Å². The summed E-state index contributed by atoms with van der Waals surface area (Å²) in [6.45, 7) is 4.56. The van der Waals surface area contributed by atoms with E-state index in [0.29, 0.717) is 5.92 Å². The summed E-state index contributed by atoms with van der Waals surface area (Å²) in [5, 5.41) is 6.90. The number of rotatable bonds is 1. The zero-order valence-corrected chi connectivity index (χ0v) is 9.62. The highest BCUT2D eigenvalue weighted by atomic mass is 15.1. The molecule has 2 heterocycles. The minimum atomic E-state index is 0.562. The van der Waals surface area contributed by atoms with Gasteiger partial charge in [-0.1, -0.05) is 13.8 Å². The van der Waals surface area contributed by atoms with Gasteiger partial charge >= 0.3 is 0 Å². The van der Waals surface area contributed by atoms with Crippen molar-refractivity contribution in [3.8, 4) is 11.5 Å². The Morgan fingerprint density at radius 1 is 1.38 bits per heavy atom. The van der Waals surface area contributed by atoms with E-state index in [9.17, 15) is 0 Å². The third-order valence-electron chi connectivity index (χ3n) is 3.34. The molecule has 0 aromatic carbocycles. The number of nitrogens with zero attached hydrogens (tertiary/aromatic N) is 2. The second kappa shape index (κ2) is 3.47. The molecule has 16 heavy (non-hydrogen) atoms. The standard InChI is InChI=1S/C12H16N4/c1-7-5-8(2)11-10(6-7)14-12(15-11)9-3-4-13-16-9/h3-4,7-8H,5-6H2,1-2H3,(H,13,16)(H,14,15). The summed E-state index contributed by atoms with van der Waals surface area (Å²) in [5.41, 5.74) is 3.51. The molecule has 0 amide bonds. The van der Waals surface area contributed by atoms with Crippen LogP contribution < -0.4 is 0 Å². The molecule has 2 atom stereocenters. The molecule has 0 radical (unpaired) electrons. The molecule has 2 aromatic heterocycles. The maximum absolute atomic E-state index is 4.68. The Balaban J connectivity index is 2.03. The van der Waals surface area contributed by atoms with Gasteiger partial charge in [0, 0.05) is 17.8 Å². The van der Waals surface area contributed by atoms with Crippen molar-refractivity contribution in [3.63, 3.8) is 0 Å². The Morgan fingerprint density at radius 2 is 2.25 bits per heavy atom. The number of H-pyrrole nitrogens is 2. The van der Waals surface area contributed by atoms with Crippen molar-refractivity contribution in [1.29, 1.82) is 0 Å². The van der Waals surface area contributed by atoms with Gasteiger partial charge in [0.25, 0.3) is 0 Å². The average molecular weight is 216 g/mol. The molecule has 0 saturated heterocycles. The largest absolute Gasteiger partial charge is 0.340 e. The number of imidazole rings is 1. The van der Waals surface area contributed by atoms with Gasteiger partial charge in [-0.2, -0.15) is 5.10 Å². The van der Waals surface area contributed by atoms with Gasteiger partial charge in [0.05, 0.1) is 5.69 Å². The van der Waals surface area contributed by atoms with Crippen molar-refractivity contribution in [2.24, 2.45) is 5.92 Å². The number of fused-ring (bicyclic) bond motifs is 1. The molecule has 3 rings (SSSR count). The van der Waals surface area contributed by atoms with E-state index in [2.05, 4.69) is 34.0 Å². The fourth-order valence-corrected chi connectivity index (χ4v) is 2.65. The van der Waals surface area contributed by atoms with E-state index < -0.39 is 0 Å². The predicted molar refractivity (Wildman–Crippen MR) is 62.1 cm³/mol. The molecule has 0 bridgehead atoms. The third-order valence-corrected chi connectivity index (χ3v) is 3.34. The first-order valence-corrected chi connectivity index (χ1v) is 5.82. The van der Waals surface area contributed by atoms with Crippen molar-refractivity contribution < 1.29 is 0 Å². The van der Waals surface area contributed by atoms with E-state index in [1.807, 2.05) is 6.07 Å². The number of nitrogens with one attached hydrogen (secondary N) is 2. The van der Waals surface area contributed by atoms with Crippen LogP contribution in [0.2, 0.25) is 0 Å². The molecule has 2 N–H and O–H groups in total. The number of hydrogen-bond acceptors (Lipinski definition) is 2. The normalized spacial score (nSPS) is 24.4. The fourth-order valence-electron chi connectivity index (χ4n) is 2.65.